The Morgan fingerprint density at radius 1 is 1.26 bits per heavy atom. The Morgan fingerprint density at radius 3 is 2.68 bits per heavy atom. The summed E-state index contributed by atoms with van der Waals surface area (Å²) in [5.74, 6) is -1.15. The summed E-state index contributed by atoms with van der Waals surface area (Å²) in [5, 5.41) is 12.7. The monoisotopic (exact) mass is 296 g/mol. The predicted octanol–water partition coefficient (Wildman–Crippen LogP) is 2.46. The van der Waals surface area contributed by atoms with Gasteiger partial charge in [0, 0.05) is 0 Å². The van der Waals surface area contributed by atoms with Gasteiger partial charge in [0.15, 0.2) is 9.84 Å². The molecule has 0 bridgehead atoms. The zero-order valence-corrected chi connectivity index (χ0v) is 11.6. The standard InChI is InChI=1S/C13H12O4S2/c14-13(15)11-2-1-3-12(8-11)19(16,17)7-5-10-4-6-18-9-10/h1-4,6,8-9H,5,7H2,(H,14,15). The summed E-state index contributed by atoms with van der Waals surface area (Å²) in [6, 6.07) is 7.33. The molecule has 2 aromatic rings. The normalized spacial score (nSPS) is 11.4. The molecule has 1 heterocycles. The van der Waals surface area contributed by atoms with E-state index in [9.17, 15) is 13.2 Å². The Morgan fingerprint density at radius 2 is 2.05 bits per heavy atom. The highest BCUT2D eigenvalue weighted by molar-refractivity contribution is 7.91. The molecular weight excluding hydrogens is 284 g/mol. The highest BCUT2D eigenvalue weighted by atomic mass is 32.2. The number of carboxylic acids is 1. The minimum absolute atomic E-state index is 0.0170. The SMILES string of the molecule is O=C(O)c1cccc(S(=O)(=O)CCc2ccsc2)c1. The lowest BCUT2D eigenvalue weighted by Gasteiger charge is -2.04. The van der Waals surface area contributed by atoms with Gasteiger partial charge in [-0.05, 0) is 47.0 Å². The number of benzene rings is 1. The summed E-state index contributed by atoms with van der Waals surface area (Å²) >= 11 is 1.52. The maximum absolute atomic E-state index is 12.1. The van der Waals surface area contributed by atoms with Gasteiger partial charge in [-0.3, -0.25) is 0 Å². The maximum Gasteiger partial charge on any atom is 0.335 e. The summed E-state index contributed by atoms with van der Waals surface area (Å²) in [5.41, 5.74) is 0.958. The Balaban J connectivity index is 2.19. The molecule has 6 heteroatoms. The van der Waals surface area contributed by atoms with Crippen molar-refractivity contribution in [1.29, 1.82) is 0 Å². The van der Waals surface area contributed by atoms with E-state index in [4.69, 9.17) is 5.11 Å². The van der Waals surface area contributed by atoms with E-state index in [1.807, 2.05) is 16.8 Å². The largest absolute Gasteiger partial charge is 0.478 e. The van der Waals surface area contributed by atoms with Crippen molar-refractivity contribution >= 4 is 27.1 Å². The van der Waals surface area contributed by atoms with Crippen LogP contribution in [0.3, 0.4) is 0 Å². The fourth-order valence-corrected chi connectivity index (χ4v) is 3.66. The lowest BCUT2D eigenvalue weighted by Crippen LogP contribution is -2.10. The number of aromatic carboxylic acids is 1. The lowest BCUT2D eigenvalue weighted by atomic mass is 10.2. The number of thiophene rings is 1. The number of carboxylic acid groups (broad SMARTS) is 1. The molecule has 19 heavy (non-hydrogen) atoms. The second-order valence-corrected chi connectivity index (χ2v) is 6.92. The molecule has 0 radical (unpaired) electrons. The molecule has 1 aromatic carbocycles. The molecule has 100 valence electrons. The van der Waals surface area contributed by atoms with E-state index in [1.165, 1.54) is 35.6 Å². The van der Waals surface area contributed by atoms with Crippen LogP contribution in [0.1, 0.15) is 15.9 Å². The molecule has 4 nitrogen and oxygen atoms in total. The summed E-state index contributed by atoms with van der Waals surface area (Å²) < 4.78 is 24.2. The molecule has 0 fully saturated rings. The van der Waals surface area contributed by atoms with Gasteiger partial charge in [-0.2, -0.15) is 11.3 Å². The maximum atomic E-state index is 12.1. The van der Waals surface area contributed by atoms with Crippen molar-refractivity contribution in [3.63, 3.8) is 0 Å². The predicted molar refractivity (Wildman–Crippen MR) is 73.5 cm³/mol. The Hall–Kier alpha value is -1.66. The van der Waals surface area contributed by atoms with Crippen LogP contribution < -0.4 is 0 Å². The molecule has 2 rings (SSSR count). The van der Waals surface area contributed by atoms with Crippen molar-refractivity contribution < 1.29 is 18.3 Å². The van der Waals surface area contributed by atoms with E-state index < -0.39 is 15.8 Å². The zero-order valence-electron chi connectivity index (χ0n) is 9.94. The first-order chi connectivity index (χ1) is 8.99. The molecule has 0 saturated carbocycles. The third-order valence-corrected chi connectivity index (χ3v) is 5.13. The fraction of sp³-hybridized carbons (Fsp3) is 0.154. The van der Waals surface area contributed by atoms with Crippen molar-refractivity contribution in [3.8, 4) is 0 Å². The van der Waals surface area contributed by atoms with Gasteiger partial charge in [-0.1, -0.05) is 6.07 Å². The van der Waals surface area contributed by atoms with E-state index in [-0.39, 0.29) is 16.2 Å². The third kappa shape index (κ3) is 3.42. The second-order valence-electron chi connectivity index (χ2n) is 4.03. The van der Waals surface area contributed by atoms with Crippen molar-refractivity contribution in [3.05, 3.63) is 52.2 Å². The van der Waals surface area contributed by atoms with Crippen molar-refractivity contribution in [2.24, 2.45) is 0 Å². The van der Waals surface area contributed by atoms with E-state index in [0.717, 1.165) is 5.56 Å². The minimum atomic E-state index is -3.45. The Labute approximate surface area is 115 Å². The number of carbonyl (C=O) groups is 1. The summed E-state index contributed by atoms with van der Waals surface area (Å²) in [6.07, 6.45) is 0.434. The van der Waals surface area contributed by atoms with Crippen LogP contribution in [-0.4, -0.2) is 25.2 Å². The molecule has 0 aliphatic heterocycles. The van der Waals surface area contributed by atoms with Gasteiger partial charge >= 0.3 is 5.97 Å². The highest BCUT2D eigenvalue weighted by Crippen LogP contribution is 2.16. The third-order valence-electron chi connectivity index (χ3n) is 2.68. The molecule has 0 aliphatic carbocycles. The molecule has 0 saturated heterocycles. The van der Waals surface area contributed by atoms with Gasteiger partial charge in [0.05, 0.1) is 16.2 Å². The van der Waals surface area contributed by atoms with Crippen LogP contribution in [-0.2, 0) is 16.3 Å². The number of rotatable bonds is 5. The molecule has 0 unspecified atom stereocenters. The number of aryl methyl sites for hydroxylation is 1. The van der Waals surface area contributed by atoms with E-state index in [0.29, 0.717) is 6.42 Å². The van der Waals surface area contributed by atoms with Gasteiger partial charge in [-0.15, -0.1) is 0 Å². The zero-order chi connectivity index (χ0) is 13.9. The quantitative estimate of drug-likeness (QED) is 0.920. The van der Waals surface area contributed by atoms with Crippen molar-refractivity contribution in [2.45, 2.75) is 11.3 Å². The van der Waals surface area contributed by atoms with Crippen LogP contribution >= 0.6 is 11.3 Å². The summed E-state index contributed by atoms with van der Waals surface area (Å²) in [4.78, 5) is 10.9. The van der Waals surface area contributed by atoms with E-state index in [2.05, 4.69) is 0 Å². The fourth-order valence-electron chi connectivity index (χ4n) is 1.63. The smallest absolute Gasteiger partial charge is 0.335 e. The van der Waals surface area contributed by atoms with Crippen LogP contribution in [0, 0.1) is 0 Å². The average Bonchev–Trinajstić information content (AvgIpc) is 2.90. The molecule has 0 atom stereocenters. The van der Waals surface area contributed by atoms with Crippen LogP contribution in [0.15, 0.2) is 46.0 Å². The van der Waals surface area contributed by atoms with Gasteiger partial charge < -0.3 is 5.11 Å². The number of sulfone groups is 1. The first kappa shape index (κ1) is 13.8. The van der Waals surface area contributed by atoms with Crippen LogP contribution in [0.5, 0.6) is 0 Å². The van der Waals surface area contributed by atoms with Crippen LogP contribution in [0.4, 0.5) is 0 Å². The Kier molecular flexibility index (Phi) is 4.01. The molecular formula is C13H12O4S2. The molecule has 0 amide bonds. The Bertz CT molecular complexity index is 672. The molecule has 1 aromatic heterocycles. The summed E-state index contributed by atoms with van der Waals surface area (Å²) in [6.45, 7) is 0. The van der Waals surface area contributed by atoms with Gasteiger partial charge in [-0.25, -0.2) is 13.2 Å². The van der Waals surface area contributed by atoms with Crippen molar-refractivity contribution in [2.75, 3.05) is 5.75 Å². The lowest BCUT2D eigenvalue weighted by molar-refractivity contribution is 0.0696. The van der Waals surface area contributed by atoms with Gasteiger partial charge in [0.25, 0.3) is 0 Å². The molecule has 0 aliphatic rings. The first-order valence-electron chi connectivity index (χ1n) is 5.56. The van der Waals surface area contributed by atoms with Gasteiger partial charge in [0.2, 0.25) is 0 Å². The van der Waals surface area contributed by atoms with Crippen molar-refractivity contribution in [1.82, 2.24) is 0 Å². The second kappa shape index (κ2) is 5.54. The van der Waals surface area contributed by atoms with E-state index >= 15 is 0 Å². The number of hydrogen-bond acceptors (Lipinski definition) is 4. The summed E-state index contributed by atoms with van der Waals surface area (Å²) in [7, 11) is -3.45. The highest BCUT2D eigenvalue weighted by Gasteiger charge is 2.16. The first-order valence-corrected chi connectivity index (χ1v) is 8.16. The number of hydrogen-bond donors (Lipinski definition) is 1. The topological polar surface area (TPSA) is 71.4 Å². The molecule has 0 spiro atoms. The van der Waals surface area contributed by atoms with Crippen LogP contribution in [0.2, 0.25) is 0 Å². The van der Waals surface area contributed by atoms with E-state index in [1.54, 1.807) is 0 Å². The van der Waals surface area contributed by atoms with Gasteiger partial charge in [0.1, 0.15) is 0 Å². The minimum Gasteiger partial charge on any atom is -0.478 e. The molecule has 1 N–H and O–H groups in total. The average molecular weight is 296 g/mol. The van der Waals surface area contributed by atoms with Crippen LogP contribution in [0.25, 0.3) is 0 Å².